The van der Waals surface area contributed by atoms with Crippen LogP contribution in [0.15, 0.2) is 21.3 Å². The zero-order valence-electron chi connectivity index (χ0n) is 41.9. The maximum absolute atomic E-state index is 14.0. The summed E-state index contributed by atoms with van der Waals surface area (Å²) in [5, 5.41) is 11.5. The summed E-state index contributed by atoms with van der Waals surface area (Å²) >= 11 is -2.60. The fourth-order valence-corrected chi connectivity index (χ4v) is 25.1. The van der Waals surface area contributed by atoms with Gasteiger partial charge in [-0.05, 0) is 34.4 Å². The minimum atomic E-state index is -2.60. The Kier molecular flexibility index (Phi) is 26.4. The van der Waals surface area contributed by atoms with E-state index < -0.39 is 85.1 Å². The van der Waals surface area contributed by atoms with Crippen molar-refractivity contribution in [3.63, 3.8) is 0 Å². The van der Waals surface area contributed by atoms with Gasteiger partial charge in [0.2, 0.25) is 0 Å². The summed E-state index contributed by atoms with van der Waals surface area (Å²) in [7, 11) is 3.60. The molecule has 0 aromatic rings. The van der Waals surface area contributed by atoms with Gasteiger partial charge >= 0.3 is 233 Å². The monoisotopic (exact) mass is 1000 g/mol. The molecule has 2 fully saturated rings. The zero-order valence-corrected chi connectivity index (χ0v) is 44.7. The molecule has 2 aliphatic heterocycles. The van der Waals surface area contributed by atoms with E-state index in [1.165, 1.54) is 76.8 Å². The Labute approximate surface area is 386 Å². The second kappa shape index (κ2) is 29.0. The van der Waals surface area contributed by atoms with Crippen LogP contribution in [0.4, 0.5) is 0 Å². The zero-order chi connectivity index (χ0) is 47.4. The van der Waals surface area contributed by atoms with Crippen molar-refractivity contribution in [2.45, 2.75) is 216 Å². The summed E-state index contributed by atoms with van der Waals surface area (Å²) in [6.45, 7) is 24.3. The summed E-state index contributed by atoms with van der Waals surface area (Å²) < 4.78 is 43.4. The van der Waals surface area contributed by atoms with Gasteiger partial charge in [0.25, 0.3) is 0 Å². The Bertz CT molecular complexity index is 1450. The van der Waals surface area contributed by atoms with Gasteiger partial charge in [0, 0.05) is 13.8 Å². The van der Waals surface area contributed by atoms with E-state index in [4.69, 9.17) is 28.4 Å². The molecule has 2 aliphatic rings. The number of likely N-dealkylation sites (N-methyl/N-ethyl adjacent to an activating group) is 1. The second-order valence-electron chi connectivity index (χ2n) is 19.3. The molecule has 12 atom stereocenters. The summed E-state index contributed by atoms with van der Waals surface area (Å²) in [6.07, 6.45) is 6.08. The maximum atomic E-state index is 14.0. The van der Waals surface area contributed by atoms with Crippen molar-refractivity contribution in [3.05, 3.63) is 21.3 Å². The third-order valence-electron chi connectivity index (χ3n) is 13.5. The third-order valence-corrected chi connectivity index (χ3v) is 27.9. The first-order valence-corrected chi connectivity index (χ1v) is 32.1. The van der Waals surface area contributed by atoms with Crippen LogP contribution in [0.3, 0.4) is 0 Å². The van der Waals surface area contributed by atoms with E-state index >= 15 is 0 Å². The molecule has 0 aromatic heterocycles. The molecule has 2 rings (SSSR count). The Morgan fingerprint density at radius 2 is 1.46 bits per heavy atom. The number of carbonyl (C=O) groups excluding carboxylic acids is 4. The Morgan fingerprint density at radius 3 is 1.98 bits per heavy atom. The molecule has 0 bridgehead atoms. The molecule has 0 saturated carbocycles. The number of ketones is 1. The molecule has 5 unspecified atom stereocenters. The molecule has 13 heteroatoms. The average molecular weight is 999 g/mol. The van der Waals surface area contributed by atoms with Gasteiger partial charge in [0.15, 0.2) is 12.4 Å². The molecule has 0 spiro atoms. The van der Waals surface area contributed by atoms with Crippen LogP contribution < -0.4 is 0 Å². The molecule has 0 amide bonds. The van der Waals surface area contributed by atoms with Crippen LogP contribution in [0.2, 0.25) is 13.3 Å². The molecule has 364 valence electrons. The number of Topliss-reactive ketones (excluding diaryl/α,β-unsaturated/α-hetero) is 1. The van der Waals surface area contributed by atoms with Crippen molar-refractivity contribution in [2.24, 2.45) is 23.7 Å². The van der Waals surface area contributed by atoms with E-state index in [-0.39, 0.29) is 30.1 Å². The Balaban J connectivity index is 2.44. The predicted octanol–water partition coefficient (Wildman–Crippen LogP) is 9.56. The van der Waals surface area contributed by atoms with Gasteiger partial charge in [-0.25, -0.2) is 0 Å². The molecule has 12 nitrogen and oxygen atoms in total. The van der Waals surface area contributed by atoms with Crippen molar-refractivity contribution in [2.75, 3.05) is 27.3 Å². The molecule has 2 saturated heterocycles. The molecule has 0 aromatic carbocycles. The van der Waals surface area contributed by atoms with Crippen molar-refractivity contribution in [1.29, 1.82) is 0 Å². The first kappa shape index (κ1) is 57.3. The van der Waals surface area contributed by atoms with E-state index in [9.17, 15) is 24.3 Å². The molecule has 1 N–H and O–H groups in total. The number of hydrogen-bond acceptors (Lipinski definition) is 12. The van der Waals surface area contributed by atoms with Crippen LogP contribution >= 0.6 is 0 Å². The molecule has 0 radical (unpaired) electrons. The van der Waals surface area contributed by atoms with Crippen LogP contribution in [0.1, 0.15) is 154 Å². The molecule has 0 aliphatic carbocycles. The Hall–Kier alpha value is -1.84. The minimum absolute atomic E-state index is 0.113. The fraction of sp³-hybridized carbons (Fsp3) is 0.840. The van der Waals surface area contributed by atoms with Gasteiger partial charge in [-0.2, -0.15) is 0 Å². The summed E-state index contributed by atoms with van der Waals surface area (Å²) in [5.74, 6) is -2.46. The predicted molar refractivity (Wildman–Crippen MR) is 252 cm³/mol. The van der Waals surface area contributed by atoms with Crippen molar-refractivity contribution in [3.8, 4) is 0 Å². The normalized spacial score (nSPS) is 25.8. The van der Waals surface area contributed by atoms with Gasteiger partial charge in [0.1, 0.15) is 6.10 Å². The first-order valence-electron chi connectivity index (χ1n) is 24.4. The summed E-state index contributed by atoms with van der Waals surface area (Å²) in [6, 6.07) is -0.626. The van der Waals surface area contributed by atoms with Crippen LogP contribution in [0.5, 0.6) is 0 Å². The van der Waals surface area contributed by atoms with E-state index in [1.807, 2.05) is 39.5 Å². The fourth-order valence-electron chi connectivity index (χ4n) is 9.57. The Morgan fingerprint density at radius 1 is 0.889 bits per heavy atom. The number of esters is 3. The summed E-state index contributed by atoms with van der Waals surface area (Å²) in [5.41, 5.74) is 2.69. The van der Waals surface area contributed by atoms with Gasteiger partial charge in [-0.3, -0.25) is 19.3 Å². The SMILES string of the molecule is CCC[CH2][Sn](/[CH]=C1\COCC[C@H]1/C(C)=C/CC(=O)[C@H](C)C[C@H](C)[C@H](OC1OC(C)C(OC(C)=O)C(N(C)C)C1OC(C)=O)[C@@H](C)[C@H](O)CC(=O)O[C@@H](C)CC)([CH2]CCC)[CH2]CCC. The summed E-state index contributed by atoms with van der Waals surface area (Å²) in [4.78, 5) is 53.5. The molecule has 63 heavy (non-hydrogen) atoms. The molecular formula is C50H89NO11Sn. The number of allylic oxidation sites excluding steroid dienone is 2. The van der Waals surface area contributed by atoms with Gasteiger partial charge < -0.3 is 24.1 Å². The number of rotatable bonds is 28. The van der Waals surface area contributed by atoms with Crippen molar-refractivity contribution >= 4 is 42.1 Å². The third kappa shape index (κ3) is 18.8. The molecule has 2 heterocycles. The standard InChI is InChI=1S/C38H62NO11.3C4H9.Sn/c1-13-25(6)46-33(44)19-32(43)26(7)35(23(4)18-22(3)31(42)15-14-21(2)30-16-17-45-20-24(30)5)50-38-37(49-29(10)41)34(39(11)12)36(27(8)47-38)48-28(9)40;3*1-3-4-2;/h5,14,22-23,25-27,30,32,34-38,43H,13,15-20H2,1-4,6-12H3;3*1,3-4H2,2H3;/b21-14+,24-5?;;;;/t22-,23+,25+,26+,27?,30+,32-,34?,35+,36?,37?,38?;;;;/m1..../s1. The van der Waals surface area contributed by atoms with Gasteiger partial charge in [-0.15, -0.1) is 0 Å². The first-order chi connectivity index (χ1) is 29.7. The number of ether oxygens (including phenoxy) is 6. The van der Waals surface area contributed by atoms with Crippen LogP contribution in [-0.4, -0.2) is 128 Å². The van der Waals surface area contributed by atoms with Crippen LogP contribution in [0.25, 0.3) is 0 Å². The van der Waals surface area contributed by atoms with E-state index in [1.54, 1.807) is 21.0 Å². The van der Waals surface area contributed by atoms with Crippen LogP contribution in [0, 0.1) is 23.7 Å². The second-order valence-corrected chi connectivity index (χ2v) is 32.2. The number of aliphatic hydroxyl groups is 1. The van der Waals surface area contributed by atoms with E-state index in [0.717, 1.165) is 13.0 Å². The van der Waals surface area contributed by atoms with Crippen LogP contribution in [-0.2, 0) is 47.6 Å². The molecular weight excluding hydrogens is 909 g/mol. The quantitative estimate of drug-likeness (QED) is 0.0345. The number of carbonyl (C=O) groups is 4. The van der Waals surface area contributed by atoms with Gasteiger partial charge in [0.05, 0.1) is 30.8 Å². The number of nitrogens with zero attached hydrogens (tertiary/aromatic N) is 1. The van der Waals surface area contributed by atoms with Crippen molar-refractivity contribution in [1.82, 2.24) is 4.90 Å². The number of aliphatic hydroxyl groups excluding tert-OH is 1. The topological polar surface area (TPSA) is 147 Å². The van der Waals surface area contributed by atoms with E-state index in [2.05, 4.69) is 37.9 Å². The van der Waals surface area contributed by atoms with E-state index in [0.29, 0.717) is 31.8 Å². The average Bonchev–Trinajstić information content (AvgIpc) is 3.22. The van der Waals surface area contributed by atoms with Crippen molar-refractivity contribution < 1.29 is 52.7 Å². The van der Waals surface area contributed by atoms with Gasteiger partial charge in [-0.1, -0.05) is 13.8 Å². The number of hydrogen-bond donors (Lipinski definition) is 1. The number of unbranched alkanes of at least 4 members (excludes halogenated alkanes) is 3.